The number of benzene rings is 6. The maximum absolute atomic E-state index is 12.5. The highest BCUT2D eigenvalue weighted by Gasteiger charge is 2.33. The zero-order valence-electron chi connectivity index (χ0n) is 53.6. The largest absolute Gasteiger partial charge is 0.507 e. The Morgan fingerprint density at radius 3 is 1.89 bits per heavy atom. The van der Waals surface area contributed by atoms with E-state index in [9.17, 15) is 9.22 Å². The number of para-hydroxylation sites is 1. The fourth-order valence-electron chi connectivity index (χ4n) is 9.96. The van der Waals surface area contributed by atoms with Crippen LogP contribution in [0.5, 0.6) is 5.75 Å². The average Bonchev–Trinajstić information content (AvgIpc) is 4.04. The summed E-state index contributed by atoms with van der Waals surface area (Å²) >= 11 is 0. The lowest BCUT2D eigenvalue weighted by molar-refractivity contribution is 0.426. The summed E-state index contributed by atoms with van der Waals surface area (Å²) in [5.41, 5.74) is 10.8. The van der Waals surface area contributed by atoms with Gasteiger partial charge >= 0.3 is 0 Å². The van der Waals surface area contributed by atoms with Crippen LogP contribution in [0.4, 0.5) is 0 Å². The number of phenols is 1. The maximum atomic E-state index is 12.5. The highest BCUT2D eigenvalue weighted by molar-refractivity contribution is 5.97. The Labute approximate surface area is 434 Å². The van der Waals surface area contributed by atoms with E-state index in [0.29, 0.717) is 44.9 Å². The first-order chi connectivity index (χ1) is 37.3. The minimum absolute atomic E-state index is 0.0352. The lowest BCUT2D eigenvalue weighted by Crippen LogP contribution is -2.25. The van der Waals surface area contributed by atoms with Crippen LogP contribution in [0.3, 0.4) is 0 Å². The molecule has 1 N–H and O–H groups in total. The second-order valence-electron chi connectivity index (χ2n) is 21.5. The Kier molecular flexibility index (Phi) is 10.7. The molecule has 70 heavy (non-hydrogen) atoms. The molecule has 8 aromatic rings. The number of aromatic nitrogens is 3. The van der Waals surface area contributed by atoms with Crippen LogP contribution in [0.25, 0.3) is 72.7 Å². The van der Waals surface area contributed by atoms with Gasteiger partial charge in [0.05, 0.1) is 33.5 Å². The van der Waals surface area contributed by atoms with Crippen molar-refractivity contribution < 1.29 is 18.8 Å². The smallest absolute Gasteiger partial charge is 0.149 e. The Bertz CT molecular complexity index is 3600. The van der Waals surface area contributed by atoms with E-state index in [2.05, 4.69) is 106 Å². The molecule has 4 heteroatoms. The van der Waals surface area contributed by atoms with E-state index in [1.54, 1.807) is 18.3 Å². The summed E-state index contributed by atoms with van der Waals surface area (Å²) in [6.45, 7) is 22.7. The molecular formula is C66H77N3O. The fourth-order valence-corrected chi connectivity index (χ4v) is 9.96. The number of hydrogen-bond donors (Lipinski definition) is 1. The molecule has 4 nitrogen and oxygen atoms in total. The van der Waals surface area contributed by atoms with E-state index in [-0.39, 0.29) is 39.5 Å². The van der Waals surface area contributed by atoms with Gasteiger partial charge in [0.25, 0.3) is 0 Å². The van der Waals surface area contributed by atoms with Gasteiger partial charge in [-0.1, -0.05) is 168 Å². The van der Waals surface area contributed by atoms with Crippen LogP contribution in [0.15, 0.2) is 127 Å². The molecule has 0 aliphatic heterocycles. The second kappa shape index (κ2) is 19.5. The third-order valence-electron chi connectivity index (χ3n) is 15.5. The van der Waals surface area contributed by atoms with E-state index >= 15 is 0 Å². The first kappa shape index (κ1) is 38.5. The van der Waals surface area contributed by atoms with Gasteiger partial charge in [0.15, 0.2) is 0 Å². The molecular weight excluding hydrogens is 851 g/mol. The highest BCUT2D eigenvalue weighted by Crippen LogP contribution is 2.48. The van der Waals surface area contributed by atoms with E-state index < -0.39 is 48.9 Å². The number of pyridine rings is 1. The SMILES string of the molecule is [2H]c1c([2H])c(C([2H])([2H])[2H])c([2H])c([2H])c1-c1ccnc(-c2cc(-c3cccc4c3nc(-c3cc(C(C)C)cc(C(C)C)c3O)n4-c3ccc(-c4c(C(C)(CC)CC)cccc4C(C)(CC)CC)cc3C([2H])([2H])[2H])cc(C(C)(C)C)c2)c1. The first-order valence-corrected chi connectivity index (χ1v) is 25.3. The fraction of sp³-hybridized carbons (Fsp3) is 0.364. The molecule has 0 bridgehead atoms. The topological polar surface area (TPSA) is 50.9 Å². The summed E-state index contributed by atoms with van der Waals surface area (Å²) in [5, 5.41) is 12.5. The third kappa shape index (κ3) is 9.27. The molecule has 0 atom stereocenters. The Morgan fingerprint density at radius 1 is 0.629 bits per heavy atom. The number of fused-ring (bicyclic) bond motifs is 1. The first-order valence-electron chi connectivity index (χ1n) is 30.3. The number of imidazole rings is 1. The van der Waals surface area contributed by atoms with Crippen LogP contribution in [-0.4, -0.2) is 19.6 Å². The molecule has 2 aromatic heterocycles. The van der Waals surface area contributed by atoms with Gasteiger partial charge in [-0.15, -0.1) is 0 Å². The molecule has 2 heterocycles. The number of phenolic OH excluding ortho intramolecular Hbond substituents is 1. The zero-order valence-corrected chi connectivity index (χ0v) is 43.6. The Morgan fingerprint density at radius 2 is 1.29 bits per heavy atom. The number of rotatable bonds is 14. The van der Waals surface area contributed by atoms with Gasteiger partial charge in [-0.3, -0.25) is 9.55 Å². The van der Waals surface area contributed by atoms with Crippen molar-refractivity contribution >= 4 is 11.0 Å². The van der Waals surface area contributed by atoms with E-state index in [1.807, 2.05) is 73.0 Å². The highest BCUT2D eigenvalue weighted by atomic mass is 16.3. The normalized spacial score (nSPS) is 14.9. The summed E-state index contributed by atoms with van der Waals surface area (Å²) in [6.07, 6.45) is 5.14. The van der Waals surface area contributed by atoms with Crippen LogP contribution in [0.1, 0.15) is 180 Å². The van der Waals surface area contributed by atoms with Crippen LogP contribution in [0, 0.1) is 13.7 Å². The average molecular weight is 938 g/mol. The molecule has 0 amide bonds. The monoisotopic (exact) mass is 938 g/mol. The van der Waals surface area contributed by atoms with Crippen molar-refractivity contribution in [1.82, 2.24) is 14.5 Å². The summed E-state index contributed by atoms with van der Waals surface area (Å²) in [6, 6.07) is 29.7. The lowest BCUT2D eigenvalue weighted by atomic mass is 9.68. The number of aromatic hydroxyl groups is 1. The quantitative estimate of drug-likeness (QED) is 0.118. The summed E-state index contributed by atoms with van der Waals surface area (Å²) < 4.78 is 89.0. The van der Waals surface area contributed by atoms with Crippen molar-refractivity contribution in [3.63, 3.8) is 0 Å². The Hall–Kier alpha value is -6.26. The summed E-state index contributed by atoms with van der Waals surface area (Å²) in [4.78, 5) is 10.3. The standard InChI is InChI=1S/C66H77N3O/c1-16-65(14,17-2)55-23-21-24-56(66(15,18-3)19-4)60(55)47-30-31-58(44(10)34-47)69-59-25-20-22-52(61(59)68-63(69)54-39-48(41(5)6)38-53(42(7)8)62(54)70)49-35-50(37-51(36-49)64(11,12)13)57-40-46(32-33-67-57)45-28-26-43(9)27-29-45/h20-42,70H,16-19H2,1-15H3/i9D3,10D3,26D,27D,28D,29D. The van der Waals surface area contributed by atoms with Gasteiger partial charge < -0.3 is 5.11 Å². The van der Waals surface area contributed by atoms with Gasteiger partial charge in [-0.2, -0.15) is 0 Å². The van der Waals surface area contributed by atoms with Crippen LogP contribution in [-0.2, 0) is 16.2 Å². The second-order valence-corrected chi connectivity index (χ2v) is 21.5. The Balaban J connectivity index is 1.45. The van der Waals surface area contributed by atoms with Crippen molar-refractivity contribution in [1.29, 1.82) is 0 Å². The number of aryl methyl sites for hydroxylation is 1. The number of nitrogens with zero attached hydrogens (tertiary/aromatic N) is 3. The van der Waals surface area contributed by atoms with Crippen molar-refractivity contribution in [2.75, 3.05) is 0 Å². The van der Waals surface area contributed by atoms with E-state index in [1.165, 1.54) is 11.1 Å². The zero-order chi connectivity index (χ0) is 58.9. The van der Waals surface area contributed by atoms with Gasteiger partial charge in [0.1, 0.15) is 11.6 Å². The van der Waals surface area contributed by atoms with Gasteiger partial charge in [0.2, 0.25) is 0 Å². The molecule has 0 fully saturated rings. The molecule has 0 aliphatic carbocycles. The van der Waals surface area contributed by atoms with Gasteiger partial charge in [-0.25, -0.2) is 4.98 Å². The van der Waals surface area contributed by atoms with E-state index in [0.717, 1.165) is 64.6 Å². The van der Waals surface area contributed by atoms with Crippen molar-refractivity contribution in [2.45, 2.75) is 157 Å². The molecule has 8 rings (SSSR count). The maximum Gasteiger partial charge on any atom is 0.149 e. The third-order valence-corrected chi connectivity index (χ3v) is 15.5. The molecule has 0 radical (unpaired) electrons. The lowest BCUT2D eigenvalue weighted by Gasteiger charge is -2.36. The molecule has 0 spiro atoms. The predicted molar refractivity (Wildman–Crippen MR) is 300 cm³/mol. The van der Waals surface area contributed by atoms with Crippen molar-refractivity contribution in [3.05, 3.63) is 166 Å². The molecule has 362 valence electrons. The summed E-state index contributed by atoms with van der Waals surface area (Å²) in [5.74, 6) is 0.489. The molecule has 0 saturated carbocycles. The van der Waals surface area contributed by atoms with Gasteiger partial charge in [0, 0.05) is 25.5 Å². The molecule has 6 aromatic carbocycles. The predicted octanol–water partition coefficient (Wildman–Crippen LogP) is 18.8. The van der Waals surface area contributed by atoms with Crippen molar-refractivity contribution in [2.24, 2.45) is 0 Å². The molecule has 0 unspecified atom stereocenters. The van der Waals surface area contributed by atoms with E-state index in [4.69, 9.17) is 19.6 Å². The van der Waals surface area contributed by atoms with Crippen LogP contribution >= 0.6 is 0 Å². The minimum Gasteiger partial charge on any atom is -0.507 e. The number of hydrogen-bond acceptors (Lipinski definition) is 3. The minimum atomic E-state index is -2.85. The summed E-state index contributed by atoms with van der Waals surface area (Å²) in [7, 11) is 0. The molecule has 0 aliphatic rings. The van der Waals surface area contributed by atoms with Crippen LogP contribution < -0.4 is 0 Å². The van der Waals surface area contributed by atoms with Crippen LogP contribution in [0.2, 0.25) is 0 Å². The van der Waals surface area contributed by atoms with Crippen molar-refractivity contribution in [3.8, 4) is 67.5 Å². The van der Waals surface area contributed by atoms with Gasteiger partial charge in [-0.05, 0) is 177 Å². The molecule has 0 saturated heterocycles.